The molecule has 122 valence electrons. The number of hydrogen-bond acceptors (Lipinski definition) is 3. The van der Waals surface area contributed by atoms with E-state index < -0.39 is 40.4 Å². The van der Waals surface area contributed by atoms with Gasteiger partial charge in [-0.25, -0.2) is 13.2 Å². The molecule has 1 amide bonds. The molecule has 2 aromatic rings. The van der Waals surface area contributed by atoms with Crippen LogP contribution in [-0.4, -0.2) is 11.7 Å². The number of halogens is 4. The summed E-state index contributed by atoms with van der Waals surface area (Å²) in [5, 5.41) is 1.99. The third-order valence-electron chi connectivity index (χ3n) is 3.03. The number of thiophene rings is 1. The van der Waals surface area contributed by atoms with Crippen molar-refractivity contribution in [3.05, 3.63) is 50.4 Å². The Morgan fingerprint density at radius 3 is 2.48 bits per heavy atom. The van der Waals surface area contributed by atoms with Crippen LogP contribution in [0.1, 0.15) is 28.6 Å². The Bertz CT molecular complexity index is 776. The van der Waals surface area contributed by atoms with Crippen molar-refractivity contribution < 1.29 is 22.8 Å². The van der Waals surface area contributed by atoms with Crippen LogP contribution >= 0.6 is 22.9 Å². The van der Waals surface area contributed by atoms with Crippen molar-refractivity contribution in [2.45, 2.75) is 19.8 Å². The third-order valence-corrected chi connectivity index (χ3v) is 4.32. The molecule has 0 spiro atoms. The maximum Gasteiger partial charge on any atom is 0.224 e. The van der Waals surface area contributed by atoms with Crippen molar-refractivity contribution in [1.82, 2.24) is 0 Å². The molecule has 0 saturated carbocycles. The van der Waals surface area contributed by atoms with Crippen LogP contribution < -0.4 is 5.32 Å². The molecule has 1 N–H and O–H groups in total. The van der Waals surface area contributed by atoms with E-state index in [1.165, 1.54) is 11.3 Å². The molecule has 0 aliphatic carbocycles. The molecule has 0 aliphatic heterocycles. The molecule has 0 atom stereocenters. The Morgan fingerprint density at radius 2 is 1.91 bits per heavy atom. The minimum Gasteiger partial charge on any atom is -0.321 e. The highest BCUT2D eigenvalue weighted by atomic mass is 35.5. The Kier molecular flexibility index (Phi) is 5.43. The average Bonchev–Trinajstić information content (AvgIpc) is 2.90. The first-order chi connectivity index (χ1) is 10.8. The molecule has 1 aromatic heterocycles. The summed E-state index contributed by atoms with van der Waals surface area (Å²) in [7, 11) is 0. The van der Waals surface area contributed by atoms with Gasteiger partial charge in [0.25, 0.3) is 0 Å². The van der Waals surface area contributed by atoms with Crippen molar-refractivity contribution in [1.29, 1.82) is 0 Å². The SMILES string of the molecule is CC(=O)c1cc(F)c(NC(=O)CCc2ccc(Cl)s2)c(F)c1F. The molecule has 3 nitrogen and oxygen atoms in total. The van der Waals surface area contributed by atoms with Gasteiger partial charge in [0, 0.05) is 11.3 Å². The standard InChI is InChI=1S/C15H11ClF3NO2S/c1-7(21)9-6-10(17)15(14(19)13(9)18)20-12(22)5-3-8-2-4-11(16)23-8/h2,4,6H,3,5H2,1H3,(H,20,22). The summed E-state index contributed by atoms with van der Waals surface area (Å²) in [6, 6.07) is 3.98. The van der Waals surface area contributed by atoms with Gasteiger partial charge in [-0.1, -0.05) is 11.6 Å². The number of rotatable bonds is 5. The summed E-state index contributed by atoms with van der Waals surface area (Å²) in [6.45, 7) is 0.988. The predicted molar refractivity (Wildman–Crippen MR) is 82.6 cm³/mol. The highest BCUT2D eigenvalue weighted by Gasteiger charge is 2.22. The van der Waals surface area contributed by atoms with Crippen LogP contribution in [0.15, 0.2) is 18.2 Å². The minimum absolute atomic E-state index is 0.0498. The minimum atomic E-state index is -1.59. The number of hydrogen-bond donors (Lipinski definition) is 1. The van der Waals surface area contributed by atoms with Crippen molar-refractivity contribution >= 4 is 40.3 Å². The van der Waals surface area contributed by atoms with Crippen molar-refractivity contribution in [3.8, 4) is 0 Å². The first kappa shape index (κ1) is 17.5. The van der Waals surface area contributed by atoms with E-state index in [4.69, 9.17) is 11.6 Å². The van der Waals surface area contributed by atoms with Gasteiger partial charge in [0.2, 0.25) is 5.91 Å². The number of ketones is 1. The van der Waals surface area contributed by atoms with Gasteiger partial charge in [-0.3, -0.25) is 9.59 Å². The number of benzene rings is 1. The summed E-state index contributed by atoms with van der Waals surface area (Å²) in [6.07, 6.45) is 0.284. The second kappa shape index (κ2) is 7.14. The molecular formula is C15H11ClF3NO2S. The van der Waals surface area contributed by atoms with E-state index in [0.29, 0.717) is 16.8 Å². The Labute approximate surface area is 139 Å². The molecule has 0 unspecified atom stereocenters. The fourth-order valence-corrected chi connectivity index (χ4v) is 2.98. The zero-order valence-electron chi connectivity index (χ0n) is 11.9. The van der Waals surface area contributed by atoms with Crippen molar-refractivity contribution in [2.24, 2.45) is 0 Å². The lowest BCUT2D eigenvalue weighted by atomic mass is 10.1. The number of aryl methyl sites for hydroxylation is 1. The second-order valence-corrected chi connectivity index (χ2v) is 6.52. The van der Waals surface area contributed by atoms with Crippen LogP contribution in [0.25, 0.3) is 0 Å². The number of amides is 1. The van der Waals surface area contributed by atoms with Gasteiger partial charge in [0.1, 0.15) is 5.69 Å². The zero-order chi connectivity index (χ0) is 17.1. The largest absolute Gasteiger partial charge is 0.321 e. The first-order valence-corrected chi connectivity index (χ1v) is 7.71. The van der Waals surface area contributed by atoms with E-state index in [9.17, 15) is 22.8 Å². The third kappa shape index (κ3) is 4.11. The van der Waals surface area contributed by atoms with Crippen LogP contribution in [0.4, 0.5) is 18.9 Å². The van der Waals surface area contributed by atoms with Gasteiger partial charge in [-0.15, -0.1) is 11.3 Å². The summed E-state index contributed by atoms with van der Waals surface area (Å²) in [5.41, 5.74) is -1.60. The Balaban J connectivity index is 2.11. The topological polar surface area (TPSA) is 46.2 Å². The molecule has 0 aliphatic rings. The highest BCUT2D eigenvalue weighted by molar-refractivity contribution is 7.16. The average molecular weight is 362 g/mol. The van der Waals surface area contributed by atoms with Crippen LogP contribution in [0.3, 0.4) is 0 Å². The van der Waals surface area contributed by atoms with E-state index >= 15 is 0 Å². The second-order valence-electron chi connectivity index (χ2n) is 4.72. The van der Waals surface area contributed by atoms with Gasteiger partial charge in [-0.05, 0) is 31.5 Å². The highest BCUT2D eigenvalue weighted by Crippen LogP contribution is 2.26. The van der Waals surface area contributed by atoms with Gasteiger partial charge in [-0.2, -0.15) is 0 Å². The number of carbonyl (C=O) groups is 2. The molecule has 0 fully saturated rings. The zero-order valence-corrected chi connectivity index (χ0v) is 13.5. The molecule has 1 heterocycles. The summed E-state index contributed by atoms with van der Waals surface area (Å²) in [5.74, 6) is -5.78. The lowest BCUT2D eigenvalue weighted by Gasteiger charge is -2.10. The molecule has 0 saturated heterocycles. The summed E-state index contributed by atoms with van der Waals surface area (Å²) >= 11 is 7.04. The van der Waals surface area contributed by atoms with Crippen molar-refractivity contribution in [3.63, 3.8) is 0 Å². The van der Waals surface area contributed by atoms with Gasteiger partial charge < -0.3 is 5.32 Å². The van der Waals surface area contributed by atoms with Crippen molar-refractivity contribution in [2.75, 3.05) is 5.32 Å². The monoisotopic (exact) mass is 361 g/mol. The van der Waals surface area contributed by atoms with Gasteiger partial charge in [0.05, 0.1) is 9.90 Å². The number of anilines is 1. The van der Waals surface area contributed by atoms with Gasteiger partial charge in [0.15, 0.2) is 23.2 Å². The van der Waals surface area contributed by atoms with Crippen LogP contribution in [-0.2, 0) is 11.2 Å². The Hall–Kier alpha value is -1.86. The number of carbonyl (C=O) groups excluding carboxylic acids is 2. The van der Waals surface area contributed by atoms with E-state index in [2.05, 4.69) is 0 Å². The first-order valence-electron chi connectivity index (χ1n) is 6.52. The van der Waals surface area contributed by atoms with Gasteiger partial charge >= 0.3 is 0 Å². The van der Waals surface area contributed by atoms with Crippen LogP contribution in [0, 0.1) is 17.5 Å². The smallest absolute Gasteiger partial charge is 0.224 e. The molecular weight excluding hydrogens is 351 g/mol. The molecule has 8 heteroatoms. The Morgan fingerprint density at radius 1 is 1.22 bits per heavy atom. The quantitative estimate of drug-likeness (QED) is 0.625. The van der Waals surface area contributed by atoms with E-state index in [0.717, 1.165) is 11.8 Å². The summed E-state index contributed by atoms with van der Waals surface area (Å²) in [4.78, 5) is 23.7. The summed E-state index contributed by atoms with van der Waals surface area (Å²) < 4.78 is 41.8. The van der Waals surface area contributed by atoms with Crippen LogP contribution in [0.5, 0.6) is 0 Å². The fourth-order valence-electron chi connectivity index (χ4n) is 1.89. The lowest BCUT2D eigenvalue weighted by molar-refractivity contribution is -0.116. The lowest BCUT2D eigenvalue weighted by Crippen LogP contribution is -2.16. The fraction of sp³-hybridized carbons (Fsp3) is 0.200. The number of Topliss-reactive ketones (excluding diaryl/α,β-unsaturated/α-hetero) is 1. The molecule has 1 aromatic carbocycles. The van der Waals surface area contributed by atoms with E-state index in [-0.39, 0.29) is 6.42 Å². The predicted octanol–water partition coefficient (Wildman–Crippen LogP) is 4.59. The normalized spacial score (nSPS) is 10.7. The maximum atomic E-state index is 13.8. The number of nitrogens with one attached hydrogen (secondary N) is 1. The molecule has 0 radical (unpaired) electrons. The van der Waals surface area contributed by atoms with Crippen LogP contribution in [0.2, 0.25) is 4.34 Å². The molecule has 23 heavy (non-hydrogen) atoms. The molecule has 0 bridgehead atoms. The maximum absolute atomic E-state index is 13.8. The molecule has 2 rings (SSSR count). The van der Waals surface area contributed by atoms with E-state index in [1.54, 1.807) is 12.1 Å². The van der Waals surface area contributed by atoms with E-state index in [1.807, 2.05) is 5.32 Å².